The Kier molecular flexibility index (Phi) is 3.44. The molecular formula is C11H12O4. The molecule has 15 heavy (non-hydrogen) atoms. The molecule has 0 heterocycles. The number of carbonyl (C=O) groups is 2. The van der Waals surface area contributed by atoms with E-state index < -0.39 is 5.97 Å². The molecule has 0 unspecified atom stereocenters. The molecule has 0 aliphatic heterocycles. The Morgan fingerprint density at radius 1 is 1.40 bits per heavy atom. The zero-order valence-electron chi connectivity index (χ0n) is 8.61. The third kappa shape index (κ3) is 2.80. The Balaban J connectivity index is 3.15. The first kappa shape index (κ1) is 11.2. The van der Waals surface area contributed by atoms with Gasteiger partial charge in [-0.1, -0.05) is 6.07 Å². The summed E-state index contributed by atoms with van der Waals surface area (Å²) in [4.78, 5) is 21.8. The molecule has 0 bridgehead atoms. The van der Waals surface area contributed by atoms with Gasteiger partial charge >= 0.3 is 5.97 Å². The largest absolute Gasteiger partial charge is 0.497 e. The van der Waals surface area contributed by atoms with E-state index in [1.54, 1.807) is 18.2 Å². The molecule has 1 N–H and O–H groups in total. The summed E-state index contributed by atoms with van der Waals surface area (Å²) in [6.45, 7) is 1.40. The molecule has 80 valence electrons. The van der Waals surface area contributed by atoms with Gasteiger partial charge < -0.3 is 9.84 Å². The number of Topliss-reactive ketones (excluding diaryl/α,β-unsaturated/α-hetero) is 1. The zero-order valence-corrected chi connectivity index (χ0v) is 8.61. The number of hydrogen-bond donors (Lipinski definition) is 1. The van der Waals surface area contributed by atoms with E-state index >= 15 is 0 Å². The molecule has 0 saturated heterocycles. The first-order valence-corrected chi connectivity index (χ1v) is 4.44. The van der Waals surface area contributed by atoms with E-state index in [1.165, 1.54) is 14.0 Å². The number of methoxy groups -OCH3 is 1. The quantitative estimate of drug-likeness (QED) is 0.762. The molecule has 1 rings (SSSR count). The van der Waals surface area contributed by atoms with Crippen LogP contribution in [0.4, 0.5) is 0 Å². The van der Waals surface area contributed by atoms with Crippen LogP contribution in [0.15, 0.2) is 18.2 Å². The zero-order chi connectivity index (χ0) is 11.4. The van der Waals surface area contributed by atoms with Crippen LogP contribution in [0.1, 0.15) is 22.8 Å². The number of aliphatic carboxylic acids is 1. The normalized spacial score (nSPS) is 9.73. The summed E-state index contributed by atoms with van der Waals surface area (Å²) >= 11 is 0. The second-order valence-corrected chi connectivity index (χ2v) is 3.15. The molecule has 0 saturated carbocycles. The van der Waals surface area contributed by atoms with Crippen molar-refractivity contribution in [2.24, 2.45) is 0 Å². The van der Waals surface area contributed by atoms with Crippen LogP contribution in [-0.2, 0) is 11.2 Å². The van der Waals surface area contributed by atoms with Crippen LogP contribution < -0.4 is 4.74 Å². The van der Waals surface area contributed by atoms with Gasteiger partial charge in [0.05, 0.1) is 13.5 Å². The third-order valence-corrected chi connectivity index (χ3v) is 2.04. The fourth-order valence-corrected chi connectivity index (χ4v) is 1.33. The second-order valence-electron chi connectivity index (χ2n) is 3.15. The summed E-state index contributed by atoms with van der Waals surface area (Å²) in [6, 6.07) is 4.80. The number of carboxylic acid groups (broad SMARTS) is 1. The van der Waals surface area contributed by atoms with Gasteiger partial charge in [0.15, 0.2) is 5.78 Å². The average Bonchev–Trinajstić information content (AvgIpc) is 2.17. The highest BCUT2D eigenvalue weighted by atomic mass is 16.5. The molecule has 0 fully saturated rings. The summed E-state index contributed by atoms with van der Waals surface area (Å²) in [5.74, 6) is -0.567. The van der Waals surface area contributed by atoms with Crippen molar-refractivity contribution in [3.8, 4) is 5.75 Å². The molecule has 4 nitrogen and oxygen atoms in total. The van der Waals surface area contributed by atoms with E-state index in [4.69, 9.17) is 9.84 Å². The van der Waals surface area contributed by atoms with Gasteiger partial charge in [-0.2, -0.15) is 0 Å². The van der Waals surface area contributed by atoms with Crippen LogP contribution in [-0.4, -0.2) is 24.0 Å². The lowest BCUT2D eigenvalue weighted by Gasteiger charge is -2.07. The third-order valence-electron chi connectivity index (χ3n) is 2.04. The molecule has 0 amide bonds. The minimum absolute atomic E-state index is 0.154. The van der Waals surface area contributed by atoms with Crippen molar-refractivity contribution in [2.75, 3.05) is 7.11 Å². The number of ketones is 1. The molecule has 0 aliphatic carbocycles. The monoisotopic (exact) mass is 208 g/mol. The fourth-order valence-electron chi connectivity index (χ4n) is 1.33. The standard InChI is InChI=1S/C11H12O4/c1-7(12)10-6-9(15-2)4-3-8(10)5-11(13)14/h3-4,6H,5H2,1-2H3,(H,13,14). The first-order valence-electron chi connectivity index (χ1n) is 4.44. The van der Waals surface area contributed by atoms with Crippen molar-refractivity contribution in [2.45, 2.75) is 13.3 Å². The predicted octanol–water partition coefficient (Wildman–Crippen LogP) is 1.52. The summed E-state index contributed by atoms with van der Waals surface area (Å²) in [6.07, 6.45) is -0.154. The van der Waals surface area contributed by atoms with Crippen molar-refractivity contribution in [3.63, 3.8) is 0 Å². The summed E-state index contributed by atoms with van der Waals surface area (Å²) in [5, 5.41) is 8.66. The predicted molar refractivity (Wildman–Crippen MR) is 54.3 cm³/mol. The summed E-state index contributed by atoms with van der Waals surface area (Å²) in [5.41, 5.74) is 0.910. The lowest BCUT2D eigenvalue weighted by molar-refractivity contribution is -0.136. The Bertz CT molecular complexity index is 396. The van der Waals surface area contributed by atoms with Crippen molar-refractivity contribution in [1.29, 1.82) is 0 Å². The molecule has 1 aromatic carbocycles. The van der Waals surface area contributed by atoms with Gasteiger partial charge in [-0.25, -0.2) is 0 Å². The van der Waals surface area contributed by atoms with E-state index in [1.807, 2.05) is 0 Å². The number of rotatable bonds is 4. The molecule has 0 atom stereocenters. The number of ether oxygens (including phenoxy) is 1. The van der Waals surface area contributed by atoms with E-state index in [9.17, 15) is 9.59 Å². The fraction of sp³-hybridized carbons (Fsp3) is 0.273. The van der Waals surface area contributed by atoms with Gasteiger partial charge in [-0.3, -0.25) is 9.59 Å². The van der Waals surface area contributed by atoms with Crippen molar-refractivity contribution >= 4 is 11.8 Å². The minimum atomic E-state index is -0.956. The number of carbonyl (C=O) groups excluding carboxylic acids is 1. The van der Waals surface area contributed by atoms with Gasteiger partial charge in [0, 0.05) is 5.56 Å². The van der Waals surface area contributed by atoms with Crippen LogP contribution >= 0.6 is 0 Å². The number of benzene rings is 1. The maximum absolute atomic E-state index is 11.3. The van der Waals surface area contributed by atoms with Crippen molar-refractivity contribution in [3.05, 3.63) is 29.3 Å². The van der Waals surface area contributed by atoms with E-state index in [0.29, 0.717) is 16.9 Å². The molecule has 0 aromatic heterocycles. The molecule has 0 spiro atoms. The van der Waals surface area contributed by atoms with Gasteiger partial charge in [0.25, 0.3) is 0 Å². The van der Waals surface area contributed by atoms with Gasteiger partial charge in [-0.15, -0.1) is 0 Å². The second kappa shape index (κ2) is 4.59. The van der Waals surface area contributed by atoms with Gasteiger partial charge in [0.1, 0.15) is 5.75 Å². The Hall–Kier alpha value is -1.84. The Labute approximate surface area is 87.5 Å². The highest BCUT2D eigenvalue weighted by Crippen LogP contribution is 2.18. The van der Waals surface area contributed by atoms with Crippen LogP contribution in [0.5, 0.6) is 5.75 Å². The van der Waals surface area contributed by atoms with E-state index in [-0.39, 0.29) is 12.2 Å². The average molecular weight is 208 g/mol. The maximum Gasteiger partial charge on any atom is 0.307 e. The van der Waals surface area contributed by atoms with Crippen LogP contribution in [0, 0.1) is 0 Å². The van der Waals surface area contributed by atoms with E-state index in [2.05, 4.69) is 0 Å². The molecular weight excluding hydrogens is 196 g/mol. The number of carboxylic acids is 1. The van der Waals surface area contributed by atoms with Crippen molar-refractivity contribution in [1.82, 2.24) is 0 Å². The first-order chi connectivity index (χ1) is 7.04. The summed E-state index contributed by atoms with van der Waals surface area (Å²) in [7, 11) is 1.50. The van der Waals surface area contributed by atoms with Crippen LogP contribution in [0.2, 0.25) is 0 Å². The lowest BCUT2D eigenvalue weighted by atomic mass is 10.0. The van der Waals surface area contributed by atoms with Crippen LogP contribution in [0.25, 0.3) is 0 Å². The minimum Gasteiger partial charge on any atom is -0.497 e. The highest BCUT2D eigenvalue weighted by Gasteiger charge is 2.11. The Morgan fingerprint density at radius 3 is 2.53 bits per heavy atom. The van der Waals surface area contributed by atoms with E-state index in [0.717, 1.165) is 0 Å². The van der Waals surface area contributed by atoms with Gasteiger partial charge in [-0.05, 0) is 24.6 Å². The molecule has 4 heteroatoms. The molecule has 0 radical (unpaired) electrons. The summed E-state index contributed by atoms with van der Waals surface area (Å²) < 4.78 is 4.97. The van der Waals surface area contributed by atoms with Crippen LogP contribution in [0.3, 0.4) is 0 Å². The maximum atomic E-state index is 11.3. The smallest absolute Gasteiger partial charge is 0.307 e. The lowest BCUT2D eigenvalue weighted by Crippen LogP contribution is -2.06. The highest BCUT2D eigenvalue weighted by molar-refractivity contribution is 5.96. The SMILES string of the molecule is COc1ccc(CC(=O)O)c(C(C)=O)c1. The van der Waals surface area contributed by atoms with Crippen molar-refractivity contribution < 1.29 is 19.4 Å². The van der Waals surface area contributed by atoms with Gasteiger partial charge in [0.2, 0.25) is 0 Å². The topological polar surface area (TPSA) is 63.6 Å². The Morgan fingerprint density at radius 2 is 2.07 bits per heavy atom. The number of hydrogen-bond acceptors (Lipinski definition) is 3. The molecule has 1 aromatic rings. The molecule has 0 aliphatic rings.